The number of aromatic nitrogens is 1. The van der Waals surface area contributed by atoms with Crippen molar-refractivity contribution in [2.45, 2.75) is 6.54 Å². The number of fused-ring (bicyclic) bond motifs is 1. The Bertz CT molecular complexity index is 1120. The Morgan fingerprint density at radius 1 is 1.38 bits per heavy atom. The van der Waals surface area contributed by atoms with Crippen molar-refractivity contribution in [1.29, 1.82) is 0 Å². The van der Waals surface area contributed by atoms with E-state index in [1.807, 2.05) is 0 Å². The van der Waals surface area contributed by atoms with Crippen LogP contribution in [0, 0.1) is 22.5 Å². The highest BCUT2D eigenvalue weighted by molar-refractivity contribution is 7.16. The van der Waals surface area contributed by atoms with Crippen LogP contribution in [-0.4, -0.2) is 22.5 Å². The van der Waals surface area contributed by atoms with Crippen molar-refractivity contribution in [1.82, 2.24) is 4.57 Å². The lowest BCUT2D eigenvalue weighted by Gasteiger charge is -2.01. The third kappa shape index (κ3) is 3.34. The van der Waals surface area contributed by atoms with Crippen LogP contribution in [0.1, 0.15) is 10.4 Å². The van der Waals surface area contributed by atoms with E-state index in [9.17, 15) is 14.9 Å². The van der Waals surface area contributed by atoms with E-state index in [1.165, 1.54) is 30.6 Å². The van der Waals surface area contributed by atoms with Gasteiger partial charge < -0.3 is 9.30 Å². The van der Waals surface area contributed by atoms with Crippen molar-refractivity contribution in [2.24, 2.45) is 4.99 Å². The molecule has 0 unspecified atom stereocenters. The molecule has 0 saturated carbocycles. The molecule has 1 heterocycles. The minimum atomic E-state index is -0.469. The molecule has 2 aromatic carbocycles. The van der Waals surface area contributed by atoms with Gasteiger partial charge >= 0.3 is 0 Å². The van der Waals surface area contributed by atoms with Gasteiger partial charge in [-0.3, -0.25) is 14.9 Å². The zero-order chi connectivity index (χ0) is 18.7. The number of hydrogen-bond acceptors (Lipinski definition) is 5. The molecule has 0 N–H and O–H groups in total. The first-order valence-corrected chi connectivity index (χ1v) is 8.29. The van der Waals surface area contributed by atoms with Crippen LogP contribution < -0.4 is 9.54 Å². The van der Waals surface area contributed by atoms with Gasteiger partial charge in [-0.1, -0.05) is 23.3 Å². The number of nitro benzene ring substituents is 1. The van der Waals surface area contributed by atoms with Crippen molar-refractivity contribution >= 4 is 33.1 Å². The number of terminal acetylenes is 1. The summed E-state index contributed by atoms with van der Waals surface area (Å²) < 4.78 is 7.43. The number of ether oxygens (including phenoxy) is 1. The Labute approximate surface area is 152 Å². The molecule has 0 aliphatic rings. The van der Waals surface area contributed by atoms with Crippen molar-refractivity contribution in [2.75, 3.05) is 7.11 Å². The van der Waals surface area contributed by atoms with Gasteiger partial charge in [-0.05, 0) is 24.3 Å². The second-order valence-electron chi connectivity index (χ2n) is 5.23. The van der Waals surface area contributed by atoms with Crippen LogP contribution in [0.4, 0.5) is 5.69 Å². The topological polar surface area (TPSA) is 86.7 Å². The van der Waals surface area contributed by atoms with Gasteiger partial charge in [-0.15, -0.1) is 6.42 Å². The van der Waals surface area contributed by atoms with E-state index in [0.717, 1.165) is 0 Å². The summed E-state index contributed by atoms with van der Waals surface area (Å²) in [5.74, 6) is 2.62. The van der Waals surface area contributed by atoms with Gasteiger partial charge in [0.25, 0.3) is 11.6 Å². The fourth-order valence-corrected chi connectivity index (χ4v) is 3.47. The molecule has 0 aliphatic heterocycles. The highest BCUT2D eigenvalue weighted by atomic mass is 32.1. The van der Waals surface area contributed by atoms with Crippen molar-refractivity contribution < 1.29 is 14.5 Å². The number of benzene rings is 2. The van der Waals surface area contributed by atoms with Gasteiger partial charge in [-0.2, -0.15) is 4.99 Å². The molecule has 3 rings (SSSR count). The molecule has 0 spiro atoms. The first-order valence-electron chi connectivity index (χ1n) is 7.48. The summed E-state index contributed by atoms with van der Waals surface area (Å²) in [5, 5.41) is 11.0. The zero-order valence-electron chi connectivity index (χ0n) is 13.7. The summed E-state index contributed by atoms with van der Waals surface area (Å²) in [7, 11) is 1.51. The van der Waals surface area contributed by atoms with Crippen LogP contribution >= 0.6 is 11.3 Å². The predicted molar refractivity (Wildman–Crippen MR) is 98.2 cm³/mol. The number of thiazole rings is 1. The average molecular weight is 367 g/mol. The molecule has 130 valence electrons. The molecule has 7 nitrogen and oxygen atoms in total. The van der Waals surface area contributed by atoms with Crippen LogP contribution in [0.2, 0.25) is 0 Å². The molecule has 0 radical (unpaired) electrons. The van der Waals surface area contributed by atoms with Gasteiger partial charge in [-0.25, -0.2) is 0 Å². The SMILES string of the molecule is C#CCn1c(=NC(=O)c2cccc(OC)c2)sc2cc([N+](=O)[O-])ccc21. The van der Waals surface area contributed by atoms with E-state index in [0.29, 0.717) is 26.3 Å². The van der Waals surface area contributed by atoms with Gasteiger partial charge in [0, 0.05) is 17.7 Å². The maximum atomic E-state index is 12.5. The van der Waals surface area contributed by atoms with Crippen LogP contribution in [0.3, 0.4) is 0 Å². The van der Waals surface area contributed by atoms with Gasteiger partial charge in [0.15, 0.2) is 4.80 Å². The maximum absolute atomic E-state index is 12.5. The molecule has 0 atom stereocenters. The Hall–Kier alpha value is -3.44. The van der Waals surface area contributed by atoms with E-state index in [2.05, 4.69) is 10.9 Å². The molecule has 0 bridgehead atoms. The first-order chi connectivity index (χ1) is 12.5. The molecule has 3 aromatic rings. The maximum Gasteiger partial charge on any atom is 0.279 e. The fraction of sp³-hybridized carbons (Fsp3) is 0.111. The molecular weight excluding hydrogens is 354 g/mol. The second-order valence-corrected chi connectivity index (χ2v) is 6.24. The molecule has 1 aromatic heterocycles. The van der Waals surface area contributed by atoms with Crippen LogP contribution in [0.5, 0.6) is 5.75 Å². The fourth-order valence-electron chi connectivity index (χ4n) is 2.41. The van der Waals surface area contributed by atoms with Gasteiger partial charge in [0.2, 0.25) is 0 Å². The number of carbonyl (C=O) groups is 1. The summed E-state index contributed by atoms with van der Waals surface area (Å²) in [6, 6.07) is 11.1. The summed E-state index contributed by atoms with van der Waals surface area (Å²) in [5.41, 5.74) is 1.04. The number of hydrogen-bond donors (Lipinski definition) is 0. The Kier molecular flexibility index (Phi) is 4.82. The average Bonchev–Trinajstić information content (AvgIpc) is 2.98. The Morgan fingerprint density at radius 2 is 2.19 bits per heavy atom. The predicted octanol–water partition coefficient (Wildman–Crippen LogP) is 2.99. The van der Waals surface area contributed by atoms with E-state index >= 15 is 0 Å². The molecule has 8 heteroatoms. The van der Waals surface area contributed by atoms with Crippen LogP contribution in [0.25, 0.3) is 10.2 Å². The van der Waals surface area contributed by atoms with Crippen molar-refractivity contribution in [3.05, 3.63) is 62.9 Å². The van der Waals surface area contributed by atoms with E-state index < -0.39 is 10.8 Å². The number of nitro groups is 1. The number of carbonyl (C=O) groups excluding carboxylic acids is 1. The monoisotopic (exact) mass is 367 g/mol. The first kappa shape index (κ1) is 17.4. The molecule has 0 fully saturated rings. The van der Waals surface area contributed by atoms with Crippen molar-refractivity contribution in [3.63, 3.8) is 0 Å². The highest BCUT2D eigenvalue weighted by Gasteiger charge is 2.13. The lowest BCUT2D eigenvalue weighted by atomic mass is 10.2. The number of rotatable bonds is 4. The zero-order valence-corrected chi connectivity index (χ0v) is 14.5. The van der Waals surface area contributed by atoms with Gasteiger partial charge in [0.05, 0.1) is 28.8 Å². The van der Waals surface area contributed by atoms with Crippen LogP contribution in [-0.2, 0) is 6.54 Å². The summed E-state index contributed by atoms with van der Waals surface area (Å²) in [4.78, 5) is 27.5. The Morgan fingerprint density at radius 3 is 2.88 bits per heavy atom. The number of amides is 1. The van der Waals surface area contributed by atoms with Crippen LogP contribution in [0.15, 0.2) is 47.5 Å². The summed E-state index contributed by atoms with van der Waals surface area (Å²) in [6.07, 6.45) is 5.42. The number of nitrogens with zero attached hydrogens (tertiary/aromatic N) is 3. The number of non-ortho nitro benzene ring substituents is 1. The third-order valence-electron chi connectivity index (χ3n) is 3.64. The summed E-state index contributed by atoms with van der Waals surface area (Å²) >= 11 is 1.17. The van der Waals surface area contributed by atoms with E-state index in [-0.39, 0.29) is 12.2 Å². The quantitative estimate of drug-likeness (QED) is 0.403. The third-order valence-corrected chi connectivity index (χ3v) is 4.68. The number of methoxy groups -OCH3 is 1. The van der Waals surface area contributed by atoms with Gasteiger partial charge in [0.1, 0.15) is 5.75 Å². The molecule has 0 saturated heterocycles. The Balaban J connectivity index is 2.14. The molecular formula is C18H13N3O4S. The minimum Gasteiger partial charge on any atom is -0.497 e. The lowest BCUT2D eigenvalue weighted by Crippen LogP contribution is -2.16. The smallest absolute Gasteiger partial charge is 0.279 e. The normalized spacial score (nSPS) is 11.3. The van der Waals surface area contributed by atoms with E-state index in [1.54, 1.807) is 34.9 Å². The lowest BCUT2D eigenvalue weighted by molar-refractivity contribution is -0.384. The molecule has 0 aliphatic carbocycles. The minimum absolute atomic E-state index is 0.0303. The summed E-state index contributed by atoms with van der Waals surface area (Å²) in [6.45, 7) is 0.196. The van der Waals surface area contributed by atoms with Crippen molar-refractivity contribution in [3.8, 4) is 18.1 Å². The standard InChI is InChI=1S/C18H13N3O4S/c1-3-9-20-15-8-7-13(21(23)24)11-16(15)26-18(20)19-17(22)12-5-4-6-14(10-12)25-2/h1,4-8,10-11H,9H2,2H3. The molecule has 26 heavy (non-hydrogen) atoms. The molecule has 1 amide bonds. The largest absolute Gasteiger partial charge is 0.497 e. The second kappa shape index (κ2) is 7.21. The van der Waals surface area contributed by atoms with E-state index in [4.69, 9.17) is 11.2 Å². The highest BCUT2D eigenvalue weighted by Crippen LogP contribution is 2.23.